The molecule has 6 nitrogen and oxygen atoms in total. The predicted molar refractivity (Wildman–Crippen MR) is 75.7 cm³/mol. The van der Waals surface area contributed by atoms with Crippen LogP contribution in [0.15, 0.2) is 30.5 Å². The third kappa shape index (κ3) is 2.64. The van der Waals surface area contributed by atoms with Crippen molar-refractivity contribution in [1.29, 1.82) is 0 Å². The van der Waals surface area contributed by atoms with Gasteiger partial charge in [0.15, 0.2) is 5.69 Å². The van der Waals surface area contributed by atoms with Crippen LogP contribution in [0.2, 0.25) is 0 Å². The molecule has 0 radical (unpaired) electrons. The second-order valence-electron chi connectivity index (χ2n) is 4.92. The fourth-order valence-electron chi connectivity index (χ4n) is 2.22. The number of rotatable bonds is 4. The van der Waals surface area contributed by atoms with E-state index in [0.717, 1.165) is 13.1 Å². The number of carbonyl (C=O) groups excluding carboxylic acids is 1. The molecule has 0 atom stereocenters. The van der Waals surface area contributed by atoms with E-state index in [2.05, 4.69) is 15.6 Å². The van der Waals surface area contributed by atoms with Gasteiger partial charge in [0.25, 0.3) is 5.91 Å². The highest BCUT2D eigenvalue weighted by Crippen LogP contribution is 2.18. The molecule has 1 N–H and O–H groups in total. The lowest BCUT2D eigenvalue weighted by Crippen LogP contribution is -2.43. The maximum absolute atomic E-state index is 13.0. The Morgan fingerprint density at radius 3 is 2.71 bits per heavy atom. The highest BCUT2D eigenvalue weighted by atomic mass is 19.1. The zero-order valence-electron chi connectivity index (χ0n) is 11.7. The number of hydrogen-bond acceptors (Lipinski definition) is 4. The summed E-state index contributed by atoms with van der Waals surface area (Å²) in [6.07, 6.45) is 1.67. The number of carbonyl (C=O) groups is 1. The van der Waals surface area contributed by atoms with Crippen LogP contribution in [-0.4, -0.2) is 40.5 Å². The molecule has 0 saturated carbocycles. The van der Waals surface area contributed by atoms with E-state index in [1.165, 1.54) is 12.1 Å². The van der Waals surface area contributed by atoms with Gasteiger partial charge in [-0.3, -0.25) is 4.79 Å². The molecule has 2 aromatic rings. The zero-order chi connectivity index (χ0) is 14.8. The van der Waals surface area contributed by atoms with Gasteiger partial charge in [-0.05, 0) is 31.2 Å². The lowest BCUT2D eigenvalue weighted by atomic mass is 10.2. The smallest absolute Gasteiger partial charge is 0.280 e. The first-order valence-electron chi connectivity index (χ1n) is 6.89. The Labute approximate surface area is 121 Å². The van der Waals surface area contributed by atoms with Crippen LogP contribution in [0.25, 0.3) is 0 Å². The van der Waals surface area contributed by atoms with E-state index in [4.69, 9.17) is 0 Å². The number of aromatic nitrogens is 3. The van der Waals surface area contributed by atoms with E-state index >= 15 is 0 Å². The summed E-state index contributed by atoms with van der Waals surface area (Å²) in [5.74, 6) is -0.562. The average Bonchev–Trinajstić information content (AvgIpc) is 2.89. The Morgan fingerprint density at radius 1 is 1.43 bits per heavy atom. The molecule has 1 amide bonds. The van der Waals surface area contributed by atoms with Crippen LogP contribution < -0.4 is 10.2 Å². The van der Waals surface area contributed by atoms with Gasteiger partial charge in [0.2, 0.25) is 0 Å². The van der Waals surface area contributed by atoms with E-state index in [1.54, 1.807) is 27.9 Å². The summed E-state index contributed by atoms with van der Waals surface area (Å²) in [5, 5.41) is 11.1. The summed E-state index contributed by atoms with van der Waals surface area (Å²) in [6.45, 7) is 4.02. The minimum atomic E-state index is -0.328. The summed E-state index contributed by atoms with van der Waals surface area (Å²) >= 11 is 0. The SMILES string of the molecule is CCN(C(=O)c1cn(C2CNC2)nn1)c1ccc(F)cc1. The monoisotopic (exact) mass is 289 g/mol. The number of nitrogens with one attached hydrogen (secondary N) is 1. The topological polar surface area (TPSA) is 63.1 Å². The summed E-state index contributed by atoms with van der Waals surface area (Å²) in [7, 11) is 0. The fourth-order valence-corrected chi connectivity index (χ4v) is 2.22. The molecule has 21 heavy (non-hydrogen) atoms. The molecule has 1 aromatic heterocycles. The van der Waals surface area contributed by atoms with Crippen LogP contribution >= 0.6 is 0 Å². The standard InChI is InChI=1S/C14H16FN5O/c1-2-19(11-5-3-10(15)4-6-11)14(21)13-9-20(18-17-13)12-7-16-8-12/h3-6,9,12,16H,2,7-8H2,1H3. The first-order chi connectivity index (χ1) is 10.2. The van der Waals surface area contributed by atoms with Gasteiger partial charge in [-0.1, -0.05) is 5.21 Å². The van der Waals surface area contributed by atoms with Crippen molar-refractivity contribution >= 4 is 11.6 Å². The molecular weight excluding hydrogens is 273 g/mol. The highest BCUT2D eigenvalue weighted by molar-refractivity contribution is 6.04. The van der Waals surface area contributed by atoms with Gasteiger partial charge in [0.05, 0.1) is 12.2 Å². The maximum atomic E-state index is 13.0. The van der Waals surface area contributed by atoms with Gasteiger partial charge in [-0.15, -0.1) is 5.10 Å². The Morgan fingerprint density at radius 2 is 2.14 bits per heavy atom. The Balaban J connectivity index is 1.81. The van der Waals surface area contributed by atoms with E-state index in [-0.39, 0.29) is 17.8 Å². The predicted octanol–water partition coefficient (Wildman–Crippen LogP) is 1.23. The fraction of sp³-hybridized carbons (Fsp3) is 0.357. The molecule has 0 unspecified atom stereocenters. The first kappa shape index (κ1) is 13.7. The zero-order valence-corrected chi connectivity index (χ0v) is 11.7. The van der Waals surface area contributed by atoms with Crippen molar-refractivity contribution in [3.05, 3.63) is 42.0 Å². The van der Waals surface area contributed by atoms with Gasteiger partial charge < -0.3 is 10.2 Å². The molecule has 2 heterocycles. The Bertz CT molecular complexity index is 635. The average molecular weight is 289 g/mol. The van der Waals surface area contributed by atoms with Gasteiger partial charge in [0.1, 0.15) is 5.82 Å². The number of halogens is 1. The minimum Gasteiger partial charge on any atom is -0.312 e. The number of hydrogen-bond donors (Lipinski definition) is 1. The highest BCUT2D eigenvalue weighted by Gasteiger charge is 2.24. The molecule has 1 aliphatic heterocycles. The Hall–Kier alpha value is -2.28. The van der Waals surface area contributed by atoms with Crippen LogP contribution in [0.5, 0.6) is 0 Å². The number of anilines is 1. The van der Waals surface area contributed by atoms with Gasteiger partial charge in [0, 0.05) is 25.3 Å². The van der Waals surface area contributed by atoms with Crippen LogP contribution in [0.3, 0.4) is 0 Å². The lowest BCUT2D eigenvalue weighted by Gasteiger charge is -2.26. The third-order valence-electron chi connectivity index (χ3n) is 3.56. The van der Waals surface area contributed by atoms with Crippen molar-refractivity contribution in [3.63, 3.8) is 0 Å². The molecule has 110 valence electrons. The molecular formula is C14H16FN5O. The van der Waals surface area contributed by atoms with E-state index in [1.807, 2.05) is 6.92 Å². The summed E-state index contributed by atoms with van der Waals surface area (Å²) in [6, 6.07) is 6.10. The number of amides is 1. The quantitative estimate of drug-likeness (QED) is 0.919. The number of nitrogens with zero attached hydrogens (tertiary/aromatic N) is 4. The van der Waals surface area contributed by atoms with Gasteiger partial charge in [-0.2, -0.15) is 0 Å². The van der Waals surface area contributed by atoms with E-state index in [0.29, 0.717) is 17.9 Å². The van der Waals surface area contributed by atoms with E-state index in [9.17, 15) is 9.18 Å². The van der Waals surface area contributed by atoms with Crippen molar-refractivity contribution in [2.75, 3.05) is 24.5 Å². The summed E-state index contributed by atoms with van der Waals surface area (Å²) < 4.78 is 14.7. The molecule has 1 saturated heterocycles. The number of benzene rings is 1. The lowest BCUT2D eigenvalue weighted by molar-refractivity contribution is 0.0983. The van der Waals surface area contributed by atoms with Crippen molar-refractivity contribution in [2.45, 2.75) is 13.0 Å². The molecule has 1 aromatic carbocycles. The second-order valence-corrected chi connectivity index (χ2v) is 4.92. The second kappa shape index (κ2) is 5.61. The normalized spacial score (nSPS) is 14.8. The van der Waals surface area contributed by atoms with Crippen LogP contribution in [0.1, 0.15) is 23.5 Å². The third-order valence-corrected chi connectivity index (χ3v) is 3.56. The molecule has 3 rings (SSSR count). The van der Waals surface area contributed by atoms with Crippen molar-refractivity contribution in [2.24, 2.45) is 0 Å². The molecule has 0 spiro atoms. The van der Waals surface area contributed by atoms with Crippen LogP contribution in [0, 0.1) is 5.82 Å². The van der Waals surface area contributed by atoms with Crippen molar-refractivity contribution in [3.8, 4) is 0 Å². The molecule has 1 aliphatic rings. The minimum absolute atomic E-state index is 0.234. The first-order valence-corrected chi connectivity index (χ1v) is 6.89. The largest absolute Gasteiger partial charge is 0.312 e. The van der Waals surface area contributed by atoms with Crippen molar-refractivity contribution < 1.29 is 9.18 Å². The van der Waals surface area contributed by atoms with Crippen LogP contribution in [0.4, 0.5) is 10.1 Å². The van der Waals surface area contributed by atoms with Crippen molar-refractivity contribution in [1.82, 2.24) is 20.3 Å². The molecule has 0 aliphatic carbocycles. The molecule has 7 heteroatoms. The van der Waals surface area contributed by atoms with E-state index < -0.39 is 0 Å². The Kier molecular flexibility index (Phi) is 3.66. The summed E-state index contributed by atoms with van der Waals surface area (Å²) in [4.78, 5) is 14.1. The van der Waals surface area contributed by atoms with Gasteiger partial charge >= 0.3 is 0 Å². The van der Waals surface area contributed by atoms with Gasteiger partial charge in [-0.25, -0.2) is 9.07 Å². The molecule has 1 fully saturated rings. The molecule has 0 bridgehead atoms. The summed E-state index contributed by atoms with van der Waals surface area (Å²) in [5.41, 5.74) is 0.942. The maximum Gasteiger partial charge on any atom is 0.280 e. The van der Waals surface area contributed by atoms with Crippen LogP contribution in [-0.2, 0) is 0 Å².